The molecule has 2 N–H and O–H groups in total. The lowest BCUT2D eigenvalue weighted by molar-refractivity contribution is -0.141. The summed E-state index contributed by atoms with van der Waals surface area (Å²) in [6, 6.07) is 1.05. The highest BCUT2D eigenvalue weighted by Crippen LogP contribution is 2.23. The number of aromatic amines is 1. The van der Waals surface area contributed by atoms with Crippen LogP contribution < -0.4 is 10.9 Å². The molecule has 3 rings (SSSR count). The van der Waals surface area contributed by atoms with Crippen LogP contribution in [0.5, 0.6) is 0 Å². The molecule has 2 unspecified atom stereocenters. The molecule has 0 radical (unpaired) electrons. The molecule has 29 heavy (non-hydrogen) atoms. The van der Waals surface area contributed by atoms with Gasteiger partial charge in [-0.3, -0.25) is 24.3 Å². The Balaban J connectivity index is 1.85. The quantitative estimate of drug-likeness (QED) is 0.743. The molecule has 8 nitrogen and oxygen atoms in total. The van der Waals surface area contributed by atoms with Crippen molar-refractivity contribution in [1.82, 2.24) is 20.1 Å². The van der Waals surface area contributed by atoms with Crippen LogP contribution in [0.3, 0.4) is 0 Å². The average molecular weight is 418 g/mol. The van der Waals surface area contributed by atoms with E-state index in [2.05, 4.69) is 15.3 Å². The Bertz CT molecular complexity index is 979. The molecule has 1 aromatic rings. The van der Waals surface area contributed by atoms with Crippen LogP contribution >= 0.6 is 11.6 Å². The molecule has 0 fully saturated rings. The Kier molecular flexibility index (Phi) is 6.04. The van der Waals surface area contributed by atoms with Crippen molar-refractivity contribution in [3.05, 3.63) is 57.0 Å². The van der Waals surface area contributed by atoms with Gasteiger partial charge in [0.05, 0.1) is 17.1 Å². The standard InChI is InChI=1S/C20H24ClN5O3/c1-11(25(3)4)10-26(12(2)27)20(29)13-5-6-15-16(9-13)24-18(23-15)17-14(21)7-8-22-19(17)28/h5-9,11,15-16H,10H2,1-4H3,(H,22,28)(H,23,24)/t11-,15?,16?/m0/s1. The zero-order valence-corrected chi connectivity index (χ0v) is 17.5. The Morgan fingerprint density at radius 1 is 1.34 bits per heavy atom. The maximum Gasteiger partial charge on any atom is 0.260 e. The van der Waals surface area contributed by atoms with Gasteiger partial charge in [0, 0.05) is 31.3 Å². The van der Waals surface area contributed by atoms with E-state index in [1.165, 1.54) is 18.0 Å². The Labute approximate surface area is 173 Å². The third-order valence-corrected chi connectivity index (χ3v) is 5.45. The highest BCUT2D eigenvalue weighted by molar-refractivity contribution is 6.34. The topological polar surface area (TPSA) is 97.9 Å². The highest BCUT2D eigenvalue weighted by atomic mass is 35.5. The molecule has 3 atom stereocenters. The molecule has 9 heteroatoms. The van der Waals surface area contributed by atoms with Crippen LogP contribution in [0.1, 0.15) is 19.4 Å². The minimum absolute atomic E-state index is 0.0217. The third kappa shape index (κ3) is 4.33. The molecule has 2 amide bonds. The summed E-state index contributed by atoms with van der Waals surface area (Å²) in [5, 5.41) is 3.46. The van der Waals surface area contributed by atoms with Gasteiger partial charge in [-0.25, -0.2) is 0 Å². The van der Waals surface area contributed by atoms with Gasteiger partial charge in [-0.2, -0.15) is 0 Å². The number of fused-ring (bicyclic) bond motifs is 1. The van der Waals surface area contributed by atoms with Crippen molar-refractivity contribution >= 4 is 29.3 Å². The van der Waals surface area contributed by atoms with Crippen LogP contribution in [0.2, 0.25) is 5.02 Å². The smallest absolute Gasteiger partial charge is 0.260 e. The molecule has 154 valence electrons. The SMILES string of the molecule is CC(=O)N(C[C@H](C)N(C)C)C(=O)C1=CC2N=C(c3c(Cl)cc[nH]c3=O)NC2C=C1. The van der Waals surface area contributed by atoms with E-state index in [1.807, 2.05) is 32.0 Å². The maximum absolute atomic E-state index is 13.0. The largest absolute Gasteiger partial charge is 0.361 e. The van der Waals surface area contributed by atoms with Crippen molar-refractivity contribution in [3.8, 4) is 0 Å². The highest BCUT2D eigenvalue weighted by Gasteiger charge is 2.33. The number of H-pyrrole nitrogens is 1. The van der Waals surface area contributed by atoms with Crippen molar-refractivity contribution in [2.24, 2.45) is 4.99 Å². The van der Waals surface area contributed by atoms with Crippen LogP contribution in [0.25, 0.3) is 0 Å². The number of amides is 2. The fourth-order valence-electron chi connectivity index (χ4n) is 3.15. The monoisotopic (exact) mass is 417 g/mol. The Morgan fingerprint density at radius 3 is 2.69 bits per heavy atom. The number of nitrogens with one attached hydrogen (secondary N) is 2. The number of carbonyl (C=O) groups excluding carboxylic acids is 2. The van der Waals surface area contributed by atoms with Crippen LogP contribution in [-0.4, -0.2) is 71.2 Å². The average Bonchev–Trinajstić information content (AvgIpc) is 3.07. The summed E-state index contributed by atoms with van der Waals surface area (Å²) >= 11 is 6.16. The number of pyridine rings is 1. The van der Waals surface area contributed by atoms with E-state index in [1.54, 1.807) is 18.2 Å². The van der Waals surface area contributed by atoms with Gasteiger partial charge >= 0.3 is 0 Å². The van der Waals surface area contributed by atoms with Crippen molar-refractivity contribution in [2.45, 2.75) is 32.0 Å². The summed E-state index contributed by atoms with van der Waals surface area (Å²) in [5.74, 6) is -0.289. The number of imide groups is 1. The lowest BCUT2D eigenvalue weighted by Gasteiger charge is -2.28. The van der Waals surface area contributed by atoms with E-state index in [0.717, 1.165) is 0 Å². The lowest BCUT2D eigenvalue weighted by atomic mass is 9.98. The molecule has 2 aliphatic rings. The molecule has 1 aliphatic heterocycles. The van der Waals surface area contributed by atoms with E-state index < -0.39 is 0 Å². The molecule has 0 saturated heterocycles. The van der Waals surface area contributed by atoms with Gasteiger partial charge in [0.1, 0.15) is 11.4 Å². The van der Waals surface area contributed by atoms with Crippen LogP contribution in [0.15, 0.2) is 45.9 Å². The van der Waals surface area contributed by atoms with E-state index >= 15 is 0 Å². The van der Waals surface area contributed by atoms with Gasteiger partial charge in [0.25, 0.3) is 11.5 Å². The van der Waals surface area contributed by atoms with E-state index in [4.69, 9.17) is 11.6 Å². The zero-order valence-electron chi connectivity index (χ0n) is 16.8. The minimum Gasteiger partial charge on any atom is -0.361 e. The van der Waals surface area contributed by atoms with Crippen molar-refractivity contribution in [2.75, 3.05) is 20.6 Å². The number of hydrogen-bond donors (Lipinski definition) is 2. The van der Waals surface area contributed by atoms with Gasteiger partial charge in [-0.05, 0) is 33.2 Å². The summed E-state index contributed by atoms with van der Waals surface area (Å²) in [7, 11) is 3.80. The predicted molar refractivity (Wildman–Crippen MR) is 112 cm³/mol. The van der Waals surface area contributed by atoms with Gasteiger partial charge in [0.15, 0.2) is 0 Å². The molecular formula is C20H24ClN5O3. The number of halogens is 1. The second-order valence-electron chi connectivity index (χ2n) is 7.40. The normalized spacial score (nSPS) is 21.2. The fraction of sp³-hybridized carbons (Fsp3) is 0.400. The first kappa shape index (κ1) is 21.0. The number of aromatic nitrogens is 1. The van der Waals surface area contributed by atoms with Crippen molar-refractivity contribution in [1.29, 1.82) is 0 Å². The maximum atomic E-state index is 13.0. The molecule has 0 bridgehead atoms. The summed E-state index contributed by atoms with van der Waals surface area (Å²) in [6.45, 7) is 3.62. The second kappa shape index (κ2) is 8.34. The molecule has 0 spiro atoms. The summed E-state index contributed by atoms with van der Waals surface area (Å²) in [6.07, 6.45) is 6.68. The summed E-state index contributed by atoms with van der Waals surface area (Å²) < 4.78 is 0. The number of nitrogens with zero attached hydrogens (tertiary/aromatic N) is 3. The van der Waals surface area contributed by atoms with Crippen LogP contribution in [0.4, 0.5) is 0 Å². The number of hydrogen-bond acceptors (Lipinski definition) is 6. The van der Waals surface area contributed by atoms with Crippen molar-refractivity contribution < 1.29 is 9.59 Å². The first-order valence-corrected chi connectivity index (χ1v) is 9.67. The molecule has 1 aromatic heterocycles. The van der Waals surface area contributed by atoms with Crippen molar-refractivity contribution in [3.63, 3.8) is 0 Å². The minimum atomic E-state index is -0.371. The molecule has 0 saturated carbocycles. The van der Waals surface area contributed by atoms with Gasteiger partial charge in [-0.1, -0.05) is 23.8 Å². The number of carbonyl (C=O) groups is 2. The van der Waals surface area contributed by atoms with Crippen LogP contribution in [0, 0.1) is 0 Å². The van der Waals surface area contributed by atoms with E-state index in [9.17, 15) is 14.4 Å². The lowest BCUT2D eigenvalue weighted by Crippen LogP contribution is -2.45. The number of likely N-dealkylation sites (N-methyl/N-ethyl adjacent to an activating group) is 1. The Hall–Kier alpha value is -2.71. The molecular weight excluding hydrogens is 394 g/mol. The molecule has 0 aromatic carbocycles. The number of rotatable bonds is 5. The summed E-state index contributed by atoms with van der Waals surface area (Å²) in [5.41, 5.74) is 0.322. The molecule has 2 heterocycles. The molecule has 1 aliphatic carbocycles. The Morgan fingerprint density at radius 2 is 2.07 bits per heavy atom. The van der Waals surface area contributed by atoms with Gasteiger partial charge < -0.3 is 15.2 Å². The van der Waals surface area contributed by atoms with E-state index in [0.29, 0.717) is 23.0 Å². The first-order chi connectivity index (χ1) is 13.7. The fourth-order valence-corrected chi connectivity index (χ4v) is 3.39. The van der Waals surface area contributed by atoms with E-state index in [-0.39, 0.29) is 41.1 Å². The summed E-state index contributed by atoms with van der Waals surface area (Å²) in [4.78, 5) is 47.5. The van der Waals surface area contributed by atoms with Gasteiger partial charge in [-0.15, -0.1) is 0 Å². The van der Waals surface area contributed by atoms with Gasteiger partial charge in [0.2, 0.25) is 5.91 Å². The zero-order chi connectivity index (χ0) is 21.3. The first-order valence-electron chi connectivity index (χ1n) is 9.29. The predicted octanol–water partition coefficient (Wildman–Crippen LogP) is 0.937. The second-order valence-corrected chi connectivity index (χ2v) is 7.80. The third-order valence-electron chi connectivity index (χ3n) is 5.13. The van der Waals surface area contributed by atoms with Crippen LogP contribution in [-0.2, 0) is 9.59 Å². The number of amidine groups is 1. The number of aliphatic imine (C=N–C) groups is 1.